The van der Waals surface area contributed by atoms with E-state index in [1.807, 2.05) is 30.3 Å². The number of allylic oxidation sites excluding steroid dienone is 1. The zero-order valence-electron chi connectivity index (χ0n) is 8.40. The Morgan fingerprint density at radius 2 is 2.13 bits per heavy atom. The minimum atomic E-state index is -0.284. The van der Waals surface area contributed by atoms with E-state index in [4.69, 9.17) is 4.42 Å². The van der Waals surface area contributed by atoms with Crippen LogP contribution in [0.1, 0.15) is 12.0 Å². The highest BCUT2D eigenvalue weighted by atomic mass is 16.4. The predicted molar refractivity (Wildman–Crippen MR) is 61.0 cm³/mol. The molecular formula is C13H12O2. The topological polar surface area (TPSA) is 30.2 Å². The monoisotopic (exact) mass is 200 g/mol. The number of aryl methyl sites for hydroxylation is 1. The molecule has 2 aromatic rings. The van der Waals surface area contributed by atoms with Gasteiger partial charge in [0.1, 0.15) is 5.58 Å². The van der Waals surface area contributed by atoms with Gasteiger partial charge in [0.15, 0.2) is 0 Å². The second kappa shape index (κ2) is 4.13. The molecule has 0 N–H and O–H groups in total. The van der Waals surface area contributed by atoms with E-state index in [1.54, 1.807) is 6.07 Å². The molecule has 0 unspecified atom stereocenters. The molecule has 2 rings (SSSR count). The number of para-hydroxylation sites is 1. The van der Waals surface area contributed by atoms with Crippen LogP contribution >= 0.6 is 0 Å². The van der Waals surface area contributed by atoms with Crippen LogP contribution in [0.15, 0.2) is 52.2 Å². The van der Waals surface area contributed by atoms with Crippen molar-refractivity contribution < 1.29 is 4.42 Å². The first-order chi connectivity index (χ1) is 7.31. The standard InChI is InChI=1S/C13H12O2/c1-2-3-6-10-9-13(14)15-12-8-5-4-7-11(10)12/h2,4-5,7-9H,1,3,6H2. The van der Waals surface area contributed by atoms with Gasteiger partial charge in [-0.3, -0.25) is 0 Å². The summed E-state index contributed by atoms with van der Waals surface area (Å²) in [5, 5.41) is 1.01. The Bertz CT molecular complexity index is 537. The van der Waals surface area contributed by atoms with Crippen molar-refractivity contribution in [2.24, 2.45) is 0 Å². The molecule has 0 aliphatic rings. The van der Waals surface area contributed by atoms with E-state index < -0.39 is 0 Å². The van der Waals surface area contributed by atoms with Gasteiger partial charge in [0.05, 0.1) is 0 Å². The lowest BCUT2D eigenvalue weighted by atomic mass is 10.1. The maximum Gasteiger partial charge on any atom is 0.336 e. The molecule has 1 aromatic heterocycles. The quantitative estimate of drug-likeness (QED) is 0.563. The molecule has 0 bridgehead atoms. The second-order valence-electron chi connectivity index (χ2n) is 3.41. The molecule has 0 atom stereocenters. The summed E-state index contributed by atoms with van der Waals surface area (Å²) in [4.78, 5) is 11.3. The van der Waals surface area contributed by atoms with Crippen molar-refractivity contribution in [3.8, 4) is 0 Å². The van der Waals surface area contributed by atoms with Gasteiger partial charge in [-0.1, -0.05) is 24.3 Å². The predicted octanol–water partition coefficient (Wildman–Crippen LogP) is 2.91. The van der Waals surface area contributed by atoms with Crippen LogP contribution < -0.4 is 5.63 Å². The molecule has 0 saturated heterocycles. The van der Waals surface area contributed by atoms with E-state index >= 15 is 0 Å². The highest BCUT2D eigenvalue weighted by Crippen LogP contribution is 2.17. The van der Waals surface area contributed by atoms with E-state index in [1.165, 1.54) is 0 Å². The van der Waals surface area contributed by atoms with Crippen molar-refractivity contribution in [1.29, 1.82) is 0 Å². The van der Waals surface area contributed by atoms with Gasteiger partial charge in [-0.2, -0.15) is 0 Å². The highest BCUT2D eigenvalue weighted by molar-refractivity contribution is 5.79. The third-order valence-electron chi connectivity index (χ3n) is 2.35. The van der Waals surface area contributed by atoms with Gasteiger partial charge >= 0.3 is 5.63 Å². The summed E-state index contributed by atoms with van der Waals surface area (Å²) in [5.41, 5.74) is 1.40. The van der Waals surface area contributed by atoms with Gasteiger partial charge in [-0.15, -0.1) is 6.58 Å². The summed E-state index contributed by atoms with van der Waals surface area (Å²) >= 11 is 0. The fraction of sp³-hybridized carbons (Fsp3) is 0.154. The normalized spacial score (nSPS) is 10.4. The first-order valence-electron chi connectivity index (χ1n) is 4.94. The second-order valence-corrected chi connectivity index (χ2v) is 3.41. The fourth-order valence-corrected chi connectivity index (χ4v) is 1.64. The van der Waals surface area contributed by atoms with Crippen LogP contribution in [-0.4, -0.2) is 0 Å². The first kappa shape index (κ1) is 9.71. The Balaban J connectivity index is 2.60. The number of hydrogen-bond donors (Lipinski definition) is 0. The molecule has 15 heavy (non-hydrogen) atoms. The summed E-state index contributed by atoms with van der Waals surface area (Å²) in [7, 11) is 0. The van der Waals surface area contributed by atoms with E-state index in [0.29, 0.717) is 5.58 Å². The zero-order chi connectivity index (χ0) is 10.7. The van der Waals surface area contributed by atoms with Gasteiger partial charge in [-0.05, 0) is 24.5 Å². The number of benzene rings is 1. The lowest BCUT2D eigenvalue weighted by molar-refractivity contribution is 0.559. The third kappa shape index (κ3) is 1.99. The summed E-state index contributed by atoms with van der Waals surface area (Å²) < 4.78 is 5.10. The Morgan fingerprint density at radius 1 is 1.33 bits per heavy atom. The maximum absolute atomic E-state index is 11.3. The minimum absolute atomic E-state index is 0.284. The smallest absolute Gasteiger partial charge is 0.336 e. The molecule has 0 radical (unpaired) electrons. The summed E-state index contributed by atoms with van der Waals surface area (Å²) in [6, 6.07) is 9.15. The average molecular weight is 200 g/mol. The van der Waals surface area contributed by atoms with E-state index in [-0.39, 0.29) is 5.63 Å². The summed E-state index contributed by atoms with van der Waals surface area (Å²) in [5.74, 6) is 0. The van der Waals surface area contributed by atoms with Crippen LogP contribution in [0.3, 0.4) is 0 Å². The van der Waals surface area contributed by atoms with Crippen LogP contribution in [0, 0.1) is 0 Å². The molecule has 0 fully saturated rings. The molecule has 1 aromatic carbocycles. The largest absolute Gasteiger partial charge is 0.423 e. The minimum Gasteiger partial charge on any atom is -0.423 e. The van der Waals surface area contributed by atoms with Crippen LogP contribution in [-0.2, 0) is 6.42 Å². The van der Waals surface area contributed by atoms with Gasteiger partial charge in [-0.25, -0.2) is 4.79 Å². The van der Waals surface area contributed by atoms with E-state index in [0.717, 1.165) is 23.8 Å². The third-order valence-corrected chi connectivity index (χ3v) is 2.35. The molecule has 0 aliphatic heterocycles. The van der Waals surface area contributed by atoms with Crippen molar-refractivity contribution in [3.63, 3.8) is 0 Å². The van der Waals surface area contributed by atoms with Gasteiger partial charge in [0, 0.05) is 11.5 Å². The van der Waals surface area contributed by atoms with Gasteiger partial charge < -0.3 is 4.42 Å². The Kier molecular flexibility index (Phi) is 2.68. The molecule has 0 spiro atoms. The highest BCUT2D eigenvalue weighted by Gasteiger charge is 2.03. The van der Waals surface area contributed by atoms with E-state index in [2.05, 4.69) is 6.58 Å². The molecule has 0 amide bonds. The lowest BCUT2D eigenvalue weighted by Crippen LogP contribution is -2.00. The van der Waals surface area contributed by atoms with Crippen molar-refractivity contribution in [3.05, 3.63) is 59.0 Å². The van der Waals surface area contributed by atoms with Crippen molar-refractivity contribution in [2.75, 3.05) is 0 Å². The summed E-state index contributed by atoms with van der Waals surface area (Å²) in [6.07, 6.45) is 3.55. The number of rotatable bonds is 3. The lowest BCUT2D eigenvalue weighted by Gasteiger charge is -2.02. The average Bonchev–Trinajstić information content (AvgIpc) is 2.25. The van der Waals surface area contributed by atoms with Crippen LogP contribution in [0.25, 0.3) is 11.0 Å². The molecular weight excluding hydrogens is 188 g/mol. The molecule has 1 heterocycles. The number of fused-ring (bicyclic) bond motifs is 1. The Labute approximate surface area is 87.8 Å². The SMILES string of the molecule is C=CCCc1cc(=O)oc2ccccc12. The van der Waals surface area contributed by atoms with Crippen LogP contribution in [0.4, 0.5) is 0 Å². The summed E-state index contributed by atoms with van der Waals surface area (Å²) in [6.45, 7) is 3.68. The molecule has 76 valence electrons. The maximum atomic E-state index is 11.3. The molecule has 2 nitrogen and oxygen atoms in total. The van der Waals surface area contributed by atoms with E-state index in [9.17, 15) is 4.79 Å². The van der Waals surface area contributed by atoms with Crippen molar-refractivity contribution in [2.45, 2.75) is 12.8 Å². The molecule has 0 saturated carbocycles. The van der Waals surface area contributed by atoms with Crippen molar-refractivity contribution in [1.82, 2.24) is 0 Å². The Hall–Kier alpha value is -1.83. The molecule has 2 heteroatoms. The van der Waals surface area contributed by atoms with Crippen molar-refractivity contribution >= 4 is 11.0 Å². The zero-order valence-corrected chi connectivity index (χ0v) is 8.40. The van der Waals surface area contributed by atoms with Crippen LogP contribution in [0.2, 0.25) is 0 Å². The van der Waals surface area contributed by atoms with Gasteiger partial charge in [0.25, 0.3) is 0 Å². The first-order valence-corrected chi connectivity index (χ1v) is 4.94. The van der Waals surface area contributed by atoms with Crippen LogP contribution in [0.5, 0.6) is 0 Å². The van der Waals surface area contributed by atoms with Gasteiger partial charge in [0.2, 0.25) is 0 Å². The number of hydrogen-bond acceptors (Lipinski definition) is 2. The fourth-order valence-electron chi connectivity index (χ4n) is 1.64. The Morgan fingerprint density at radius 3 is 2.93 bits per heavy atom. The molecule has 0 aliphatic carbocycles.